The summed E-state index contributed by atoms with van der Waals surface area (Å²) < 4.78 is 0.262. The number of nitrogens with zero attached hydrogens (tertiary/aromatic N) is 2. The van der Waals surface area contributed by atoms with Gasteiger partial charge in [-0.25, -0.2) is 0 Å². The molecule has 4 heteroatoms. The van der Waals surface area contributed by atoms with Crippen molar-refractivity contribution in [3.63, 3.8) is 0 Å². The van der Waals surface area contributed by atoms with E-state index in [4.69, 9.17) is 5.26 Å². The number of likely N-dealkylation sites (tertiary alicyclic amines) is 1. The van der Waals surface area contributed by atoms with Gasteiger partial charge in [0.1, 0.15) is 0 Å². The predicted octanol–water partition coefficient (Wildman–Crippen LogP) is 2.42. The third-order valence-corrected chi connectivity index (χ3v) is 5.48. The summed E-state index contributed by atoms with van der Waals surface area (Å²) in [6.45, 7) is 1.50. The summed E-state index contributed by atoms with van der Waals surface area (Å²) in [6.07, 6.45) is 8.92. The lowest BCUT2D eigenvalue weighted by Gasteiger charge is -2.38. The van der Waals surface area contributed by atoms with Gasteiger partial charge in [0.25, 0.3) is 0 Å². The lowest BCUT2D eigenvalue weighted by Crippen LogP contribution is -2.42. The number of thioether (sulfide) groups is 1. The first-order valence-electron chi connectivity index (χ1n) is 6.42. The van der Waals surface area contributed by atoms with E-state index in [-0.39, 0.29) is 16.6 Å². The van der Waals surface area contributed by atoms with Crippen LogP contribution in [0, 0.1) is 17.2 Å². The molecule has 2 aliphatic rings. The minimum atomic E-state index is -0.0787. The summed E-state index contributed by atoms with van der Waals surface area (Å²) in [5.74, 6) is 0.0977. The van der Waals surface area contributed by atoms with Gasteiger partial charge in [0.15, 0.2) is 0 Å². The van der Waals surface area contributed by atoms with Gasteiger partial charge >= 0.3 is 0 Å². The Morgan fingerprint density at radius 3 is 2.71 bits per heavy atom. The molecule has 3 nitrogen and oxygen atoms in total. The number of carbonyl (C=O) groups is 1. The number of carbonyl (C=O) groups excluding carboxylic acids is 1. The molecule has 0 aromatic heterocycles. The maximum absolute atomic E-state index is 11.8. The van der Waals surface area contributed by atoms with E-state index in [0.717, 1.165) is 6.54 Å². The summed E-state index contributed by atoms with van der Waals surface area (Å²) in [6, 6.07) is 2.22. The van der Waals surface area contributed by atoms with Gasteiger partial charge in [-0.2, -0.15) is 17.0 Å². The molecule has 1 amide bonds. The van der Waals surface area contributed by atoms with Crippen molar-refractivity contribution < 1.29 is 4.79 Å². The molecule has 2 fully saturated rings. The van der Waals surface area contributed by atoms with Crippen LogP contribution in [0.5, 0.6) is 0 Å². The molecule has 1 atom stereocenters. The Balaban J connectivity index is 1.99. The van der Waals surface area contributed by atoms with Crippen LogP contribution in [0.1, 0.15) is 38.5 Å². The molecule has 1 saturated carbocycles. The van der Waals surface area contributed by atoms with Gasteiger partial charge in [0.2, 0.25) is 5.91 Å². The van der Waals surface area contributed by atoms with Gasteiger partial charge in [0.05, 0.1) is 12.0 Å². The second-order valence-electron chi connectivity index (χ2n) is 5.25. The molecule has 2 rings (SSSR count). The van der Waals surface area contributed by atoms with E-state index in [2.05, 4.69) is 12.3 Å². The smallest absolute Gasteiger partial charge is 0.224 e. The van der Waals surface area contributed by atoms with Crippen molar-refractivity contribution >= 4 is 17.7 Å². The van der Waals surface area contributed by atoms with Crippen molar-refractivity contribution in [2.45, 2.75) is 43.3 Å². The number of amides is 1. The summed E-state index contributed by atoms with van der Waals surface area (Å²) in [4.78, 5) is 13.8. The summed E-state index contributed by atoms with van der Waals surface area (Å²) in [5.41, 5.74) is 0. The topological polar surface area (TPSA) is 44.1 Å². The van der Waals surface area contributed by atoms with Crippen molar-refractivity contribution in [1.82, 2.24) is 4.90 Å². The Kier molecular flexibility index (Phi) is 3.98. The van der Waals surface area contributed by atoms with Gasteiger partial charge in [-0.05, 0) is 19.1 Å². The molecule has 1 aliphatic heterocycles. The van der Waals surface area contributed by atoms with Crippen molar-refractivity contribution in [3.8, 4) is 6.07 Å². The molecule has 1 aliphatic carbocycles. The molecule has 0 aromatic rings. The van der Waals surface area contributed by atoms with Crippen LogP contribution in [0.25, 0.3) is 0 Å². The molecule has 1 saturated heterocycles. The fourth-order valence-electron chi connectivity index (χ4n) is 2.98. The third-order valence-electron chi connectivity index (χ3n) is 4.07. The van der Waals surface area contributed by atoms with Crippen LogP contribution in [-0.4, -0.2) is 34.9 Å². The van der Waals surface area contributed by atoms with E-state index in [1.54, 1.807) is 0 Å². The summed E-state index contributed by atoms with van der Waals surface area (Å²) in [5, 5.41) is 8.89. The van der Waals surface area contributed by atoms with E-state index in [9.17, 15) is 4.79 Å². The predicted molar refractivity (Wildman–Crippen MR) is 69.6 cm³/mol. The molecule has 0 N–H and O–H groups in total. The maximum atomic E-state index is 11.8. The molecule has 94 valence electrons. The van der Waals surface area contributed by atoms with Crippen LogP contribution in [0.3, 0.4) is 0 Å². The van der Waals surface area contributed by atoms with Gasteiger partial charge < -0.3 is 4.90 Å². The van der Waals surface area contributed by atoms with Crippen LogP contribution in [0.2, 0.25) is 0 Å². The highest BCUT2D eigenvalue weighted by molar-refractivity contribution is 8.00. The zero-order valence-corrected chi connectivity index (χ0v) is 11.3. The molecule has 0 spiro atoms. The molecule has 0 aromatic carbocycles. The van der Waals surface area contributed by atoms with Crippen molar-refractivity contribution in [1.29, 1.82) is 5.26 Å². The largest absolute Gasteiger partial charge is 0.340 e. The molecule has 0 radical (unpaired) electrons. The van der Waals surface area contributed by atoms with Gasteiger partial charge in [-0.3, -0.25) is 4.79 Å². The highest BCUT2D eigenvalue weighted by atomic mass is 32.2. The monoisotopic (exact) mass is 252 g/mol. The molecule has 17 heavy (non-hydrogen) atoms. The summed E-state index contributed by atoms with van der Waals surface area (Å²) >= 11 is 1.91. The van der Waals surface area contributed by atoms with E-state index in [1.165, 1.54) is 32.1 Å². The second kappa shape index (κ2) is 5.30. The fraction of sp³-hybridized carbons (Fsp3) is 0.846. The average molecular weight is 252 g/mol. The van der Waals surface area contributed by atoms with Gasteiger partial charge in [-0.1, -0.05) is 19.3 Å². The summed E-state index contributed by atoms with van der Waals surface area (Å²) in [7, 11) is 0. The maximum Gasteiger partial charge on any atom is 0.224 e. The molecular formula is C13H20N2OS. The Labute approximate surface area is 108 Å². The Hall–Kier alpha value is -0.690. The fourth-order valence-corrected chi connectivity index (χ4v) is 3.96. The zero-order valence-electron chi connectivity index (χ0n) is 10.4. The average Bonchev–Trinajstić information content (AvgIpc) is 2.71. The molecule has 1 heterocycles. The number of nitriles is 1. The first-order valence-corrected chi connectivity index (χ1v) is 7.64. The lowest BCUT2D eigenvalue weighted by molar-refractivity contribution is -0.128. The Morgan fingerprint density at radius 2 is 2.18 bits per heavy atom. The molecule has 1 unspecified atom stereocenters. The highest BCUT2D eigenvalue weighted by Gasteiger charge is 2.38. The molecule has 0 bridgehead atoms. The minimum absolute atomic E-state index is 0.0787. The normalized spacial score (nSPS) is 28.1. The van der Waals surface area contributed by atoms with Gasteiger partial charge in [0, 0.05) is 24.3 Å². The van der Waals surface area contributed by atoms with E-state index in [0.29, 0.717) is 13.0 Å². The first kappa shape index (κ1) is 12.8. The van der Waals surface area contributed by atoms with Crippen LogP contribution >= 0.6 is 11.8 Å². The Morgan fingerprint density at radius 1 is 1.47 bits per heavy atom. The quantitative estimate of drug-likeness (QED) is 0.775. The minimum Gasteiger partial charge on any atom is -0.340 e. The number of hydrogen-bond donors (Lipinski definition) is 0. The standard InChI is InChI=1S/C13H20N2OS/c1-17-13(5-3-2-4-6-13)10-15-9-11(8-14)7-12(15)16/h11H,2-7,9-10H2,1H3. The Bertz CT molecular complexity index is 331. The lowest BCUT2D eigenvalue weighted by atomic mass is 9.88. The third kappa shape index (κ3) is 2.77. The highest BCUT2D eigenvalue weighted by Crippen LogP contribution is 2.40. The van der Waals surface area contributed by atoms with E-state index < -0.39 is 0 Å². The van der Waals surface area contributed by atoms with Crippen molar-refractivity contribution in [2.24, 2.45) is 5.92 Å². The van der Waals surface area contributed by atoms with Gasteiger partial charge in [-0.15, -0.1) is 0 Å². The van der Waals surface area contributed by atoms with Crippen LogP contribution in [0.4, 0.5) is 0 Å². The number of rotatable bonds is 3. The molecular weight excluding hydrogens is 232 g/mol. The zero-order chi connectivity index (χ0) is 12.3. The SMILES string of the molecule is CSC1(CN2CC(C#N)CC2=O)CCCCC1. The van der Waals surface area contributed by atoms with Crippen LogP contribution in [0.15, 0.2) is 0 Å². The van der Waals surface area contributed by atoms with E-state index in [1.807, 2.05) is 16.7 Å². The van der Waals surface area contributed by atoms with Crippen molar-refractivity contribution in [2.75, 3.05) is 19.3 Å². The van der Waals surface area contributed by atoms with Crippen LogP contribution in [-0.2, 0) is 4.79 Å². The number of hydrogen-bond acceptors (Lipinski definition) is 3. The van der Waals surface area contributed by atoms with Crippen molar-refractivity contribution in [3.05, 3.63) is 0 Å². The second-order valence-corrected chi connectivity index (χ2v) is 6.53. The van der Waals surface area contributed by atoms with Crippen LogP contribution < -0.4 is 0 Å². The van der Waals surface area contributed by atoms with E-state index >= 15 is 0 Å². The first-order chi connectivity index (χ1) is 8.19.